The summed E-state index contributed by atoms with van der Waals surface area (Å²) >= 11 is 0. The highest BCUT2D eigenvalue weighted by molar-refractivity contribution is 5.99. The van der Waals surface area contributed by atoms with Crippen molar-refractivity contribution >= 4 is 17.6 Å². The summed E-state index contributed by atoms with van der Waals surface area (Å²) in [6.45, 7) is 1.38. The minimum absolute atomic E-state index is 0.00488. The predicted molar refractivity (Wildman–Crippen MR) is 89.5 cm³/mol. The maximum atomic E-state index is 13.6. The number of carbonyl (C=O) groups is 2. The molecule has 0 bridgehead atoms. The Morgan fingerprint density at radius 2 is 1.60 bits per heavy atom. The standard InChI is InChI=1S/C18H18FNO5/c1-11(17(21)20-13-8-5-4-7-12(13)19)25-18(22)16-14(23-2)9-6-10-15(16)24-3/h4-11H,1-3H3,(H,20,21)/t11-/m1/s1. The summed E-state index contributed by atoms with van der Waals surface area (Å²) in [6, 6.07) is 10.5. The van der Waals surface area contributed by atoms with Gasteiger partial charge >= 0.3 is 5.97 Å². The number of ether oxygens (including phenoxy) is 3. The number of benzene rings is 2. The molecule has 7 heteroatoms. The van der Waals surface area contributed by atoms with E-state index in [1.807, 2.05) is 0 Å². The fraction of sp³-hybridized carbons (Fsp3) is 0.222. The average molecular weight is 347 g/mol. The molecule has 0 radical (unpaired) electrons. The van der Waals surface area contributed by atoms with Crippen LogP contribution >= 0.6 is 0 Å². The van der Waals surface area contributed by atoms with E-state index in [9.17, 15) is 14.0 Å². The summed E-state index contributed by atoms with van der Waals surface area (Å²) in [5, 5.41) is 2.37. The van der Waals surface area contributed by atoms with Crippen LogP contribution in [0.4, 0.5) is 10.1 Å². The van der Waals surface area contributed by atoms with Crippen LogP contribution in [0.5, 0.6) is 11.5 Å². The van der Waals surface area contributed by atoms with E-state index < -0.39 is 23.8 Å². The third-order valence-corrected chi connectivity index (χ3v) is 3.42. The molecule has 0 aliphatic heterocycles. The smallest absolute Gasteiger partial charge is 0.346 e. The van der Waals surface area contributed by atoms with Gasteiger partial charge in [0.2, 0.25) is 0 Å². The lowest BCUT2D eigenvalue weighted by molar-refractivity contribution is -0.123. The van der Waals surface area contributed by atoms with Crippen LogP contribution in [0.3, 0.4) is 0 Å². The summed E-state index contributed by atoms with van der Waals surface area (Å²) in [6.07, 6.45) is -1.15. The van der Waals surface area contributed by atoms with Gasteiger partial charge < -0.3 is 19.5 Å². The molecule has 0 saturated carbocycles. The van der Waals surface area contributed by atoms with Crippen LogP contribution in [0.2, 0.25) is 0 Å². The summed E-state index contributed by atoms with van der Waals surface area (Å²) in [5.41, 5.74) is 0.0725. The van der Waals surface area contributed by atoms with E-state index in [0.717, 1.165) is 0 Å². The molecule has 2 aromatic carbocycles. The number of amides is 1. The van der Waals surface area contributed by atoms with Crippen LogP contribution in [-0.4, -0.2) is 32.2 Å². The van der Waals surface area contributed by atoms with Crippen LogP contribution in [-0.2, 0) is 9.53 Å². The SMILES string of the molecule is COc1cccc(OC)c1C(=O)O[C@H](C)C(=O)Nc1ccccc1F. The second-order valence-electron chi connectivity index (χ2n) is 5.05. The first-order valence-corrected chi connectivity index (χ1v) is 7.45. The quantitative estimate of drug-likeness (QED) is 0.813. The van der Waals surface area contributed by atoms with E-state index >= 15 is 0 Å². The van der Waals surface area contributed by atoms with Gasteiger partial charge in [0.15, 0.2) is 6.10 Å². The first-order chi connectivity index (χ1) is 12.0. The van der Waals surface area contributed by atoms with Crippen molar-refractivity contribution < 1.29 is 28.2 Å². The first kappa shape index (κ1) is 18.3. The number of halogens is 1. The molecule has 0 aliphatic carbocycles. The number of para-hydroxylation sites is 1. The monoisotopic (exact) mass is 347 g/mol. The number of hydrogen-bond acceptors (Lipinski definition) is 5. The lowest BCUT2D eigenvalue weighted by Gasteiger charge is -2.16. The predicted octanol–water partition coefficient (Wildman–Crippen LogP) is 3.03. The Bertz CT molecular complexity index is 756. The Hall–Kier alpha value is -3.09. The molecule has 132 valence electrons. The molecule has 0 fully saturated rings. The highest BCUT2D eigenvalue weighted by atomic mass is 19.1. The number of methoxy groups -OCH3 is 2. The zero-order valence-electron chi connectivity index (χ0n) is 14.0. The van der Waals surface area contributed by atoms with Crippen molar-refractivity contribution in [3.63, 3.8) is 0 Å². The van der Waals surface area contributed by atoms with Crippen molar-refractivity contribution in [2.75, 3.05) is 19.5 Å². The fourth-order valence-corrected chi connectivity index (χ4v) is 2.12. The molecule has 1 amide bonds. The summed E-state index contributed by atoms with van der Waals surface area (Å²) in [7, 11) is 2.81. The van der Waals surface area contributed by atoms with E-state index in [-0.39, 0.29) is 22.7 Å². The topological polar surface area (TPSA) is 73.9 Å². The van der Waals surface area contributed by atoms with Crippen molar-refractivity contribution in [2.24, 2.45) is 0 Å². The molecule has 0 unspecified atom stereocenters. The number of carbonyl (C=O) groups excluding carboxylic acids is 2. The van der Waals surface area contributed by atoms with Gasteiger partial charge in [0.05, 0.1) is 19.9 Å². The zero-order chi connectivity index (χ0) is 18.4. The molecular formula is C18H18FNO5. The van der Waals surface area contributed by atoms with E-state index in [2.05, 4.69) is 5.32 Å². The van der Waals surface area contributed by atoms with Gasteiger partial charge in [-0.3, -0.25) is 4.79 Å². The van der Waals surface area contributed by atoms with Gasteiger partial charge in [-0.2, -0.15) is 0 Å². The number of hydrogen-bond donors (Lipinski definition) is 1. The normalized spacial score (nSPS) is 11.4. The van der Waals surface area contributed by atoms with Crippen molar-refractivity contribution in [1.82, 2.24) is 0 Å². The number of anilines is 1. The number of nitrogens with one attached hydrogen (secondary N) is 1. The molecular weight excluding hydrogens is 329 g/mol. The summed E-state index contributed by atoms with van der Waals surface area (Å²) in [4.78, 5) is 24.5. The van der Waals surface area contributed by atoms with Crippen LogP contribution < -0.4 is 14.8 Å². The third-order valence-electron chi connectivity index (χ3n) is 3.42. The summed E-state index contributed by atoms with van der Waals surface area (Å²) in [5.74, 6) is -1.52. The van der Waals surface area contributed by atoms with Crippen LogP contribution in [0.25, 0.3) is 0 Å². The molecule has 0 spiro atoms. The van der Waals surface area contributed by atoms with Gasteiger partial charge in [-0.1, -0.05) is 18.2 Å². The van der Waals surface area contributed by atoms with Crippen molar-refractivity contribution in [3.8, 4) is 11.5 Å². The van der Waals surface area contributed by atoms with E-state index in [0.29, 0.717) is 0 Å². The van der Waals surface area contributed by atoms with E-state index in [1.54, 1.807) is 24.3 Å². The van der Waals surface area contributed by atoms with Crippen LogP contribution in [0, 0.1) is 5.82 Å². The third kappa shape index (κ3) is 4.26. The van der Waals surface area contributed by atoms with Gasteiger partial charge in [0.1, 0.15) is 22.9 Å². The van der Waals surface area contributed by atoms with E-state index in [4.69, 9.17) is 14.2 Å². The second kappa shape index (κ2) is 8.14. The average Bonchev–Trinajstić information content (AvgIpc) is 2.62. The molecule has 0 saturated heterocycles. The van der Waals surface area contributed by atoms with Gasteiger partial charge in [0.25, 0.3) is 5.91 Å². The molecule has 1 N–H and O–H groups in total. The fourth-order valence-electron chi connectivity index (χ4n) is 2.12. The van der Waals surface area contributed by atoms with Gasteiger partial charge in [-0.25, -0.2) is 9.18 Å². The van der Waals surface area contributed by atoms with Crippen LogP contribution in [0.15, 0.2) is 42.5 Å². The number of rotatable bonds is 6. The minimum Gasteiger partial charge on any atom is -0.496 e. The first-order valence-electron chi connectivity index (χ1n) is 7.45. The van der Waals surface area contributed by atoms with Crippen molar-refractivity contribution in [1.29, 1.82) is 0 Å². The van der Waals surface area contributed by atoms with Crippen LogP contribution in [0.1, 0.15) is 17.3 Å². The largest absolute Gasteiger partial charge is 0.496 e. The maximum absolute atomic E-state index is 13.6. The number of esters is 1. The Kier molecular flexibility index (Phi) is 5.94. The molecule has 1 atom stereocenters. The molecule has 0 aromatic heterocycles. The molecule has 25 heavy (non-hydrogen) atoms. The van der Waals surface area contributed by atoms with Gasteiger partial charge in [-0.15, -0.1) is 0 Å². The van der Waals surface area contributed by atoms with Crippen molar-refractivity contribution in [2.45, 2.75) is 13.0 Å². The zero-order valence-corrected chi connectivity index (χ0v) is 14.0. The Morgan fingerprint density at radius 1 is 1.00 bits per heavy atom. The van der Waals surface area contributed by atoms with Gasteiger partial charge in [-0.05, 0) is 31.2 Å². The van der Waals surface area contributed by atoms with E-state index in [1.165, 1.54) is 39.3 Å². The highest BCUT2D eigenvalue weighted by Crippen LogP contribution is 2.29. The minimum atomic E-state index is -1.15. The molecule has 2 rings (SSSR count). The highest BCUT2D eigenvalue weighted by Gasteiger charge is 2.25. The molecule has 2 aromatic rings. The maximum Gasteiger partial charge on any atom is 0.346 e. The lowest BCUT2D eigenvalue weighted by Crippen LogP contribution is -2.30. The Labute approximate surface area is 144 Å². The Balaban J connectivity index is 2.12. The lowest BCUT2D eigenvalue weighted by atomic mass is 10.1. The van der Waals surface area contributed by atoms with Gasteiger partial charge in [0, 0.05) is 0 Å². The molecule has 0 heterocycles. The second-order valence-corrected chi connectivity index (χ2v) is 5.05. The van der Waals surface area contributed by atoms with Crippen molar-refractivity contribution in [3.05, 3.63) is 53.8 Å². The molecule has 0 aliphatic rings. The molecule has 6 nitrogen and oxygen atoms in total. The summed E-state index contributed by atoms with van der Waals surface area (Å²) < 4.78 is 29.0. The Morgan fingerprint density at radius 3 is 2.16 bits per heavy atom.